The molecule has 2 aromatic heterocycles. The fraction of sp³-hybridized carbons (Fsp3) is 0.500. The Morgan fingerprint density at radius 1 is 1.00 bits per heavy atom. The third kappa shape index (κ3) is 9.91. The molecule has 4 heterocycles. The normalized spacial score (nSPS) is 29.7. The van der Waals surface area contributed by atoms with Gasteiger partial charge in [-0.15, -0.1) is 0 Å². The molecule has 10 atom stereocenters. The number of ether oxygens (including phenoxy) is 5. The van der Waals surface area contributed by atoms with Gasteiger partial charge in [0.1, 0.15) is 36.6 Å². The Labute approximate surface area is 288 Å². The molecule has 5 N–H and O–H groups in total. The Balaban J connectivity index is 1.27. The number of nitrogens with one attached hydrogen (secondary N) is 1. The van der Waals surface area contributed by atoms with Gasteiger partial charge in [-0.2, -0.15) is 0 Å². The SMILES string of the molecule is CCC/C=C/C=C\C(=O)OC(C)/C=C\C/C=C/C=C/C(=O)O[C@@H]1C(C)O[C@@H](OC2C(O)[C@@H](CO)O[C@H]2n2cnc3c(=O)[nH]cnc32)C(O)C1O. The molecule has 2 aromatic rings. The van der Waals surface area contributed by atoms with Crippen LogP contribution in [0.3, 0.4) is 0 Å². The largest absolute Gasteiger partial charge is 0.455 e. The molecule has 2 aliphatic rings. The van der Waals surface area contributed by atoms with Gasteiger partial charge in [0.15, 0.2) is 29.8 Å². The number of aromatic nitrogens is 4. The first-order chi connectivity index (χ1) is 24.0. The van der Waals surface area contributed by atoms with Crippen molar-refractivity contribution in [1.29, 1.82) is 0 Å². The standard InChI is InChI=1S/C34H44N4O12/c1-4-5-6-8-12-15-23(40)46-20(2)14-11-9-7-10-13-16-24(41)49-29-21(3)47-34(28(44)27(29)43)50-30-26(42)22(17-39)48-33(30)38-19-37-25-31(38)35-18-36-32(25)45/h6-8,10-16,18-22,26-30,33-34,39,42-44H,4-5,9,17H2,1-3H3,(H,35,36,45)/b8-6+,10-7+,14-11-,15-12-,16-13+/t20?,21?,22-,26?,27?,28?,29-,30?,33-,34+/m1/s1. The molecule has 2 fully saturated rings. The molecule has 0 bridgehead atoms. The second-order valence-corrected chi connectivity index (χ2v) is 11.7. The molecule has 0 radical (unpaired) electrons. The predicted molar refractivity (Wildman–Crippen MR) is 177 cm³/mol. The monoisotopic (exact) mass is 700 g/mol. The zero-order valence-electron chi connectivity index (χ0n) is 27.9. The number of carbonyl (C=O) groups excluding carboxylic acids is 2. The number of fused-ring (bicyclic) bond motifs is 1. The molecule has 6 unspecified atom stereocenters. The fourth-order valence-corrected chi connectivity index (χ4v) is 5.28. The molecule has 50 heavy (non-hydrogen) atoms. The number of carbonyl (C=O) groups is 2. The number of esters is 2. The van der Waals surface area contributed by atoms with E-state index in [0.29, 0.717) is 6.42 Å². The summed E-state index contributed by atoms with van der Waals surface area (Å²) in [5, 5.41) is 42.4. The van der Waals surface area contributed by atoms with Crippen molar-refractivity contribution in [2.24, 2.45) is 0 Å². The second kappa shape index (κ2) is 18.6. The maximum atomic E-state index is 12.5. The summed E-state index contributed by atoms with van der Waals surface area (Å²) >= 11 is 0. The molecule has 0 saturated carbocycles. The van der Waals surface area contributed by atoms with E-state index in [2.05, 4.69) is 21.9 Å². The van der Waals surface area contributed by atoms with Crippen molar-refractivity contribution < 1.29 is 53.7 Å². The van der Waals surface area contributed by atoms with Gasteiger partial charge < -0.3 is 49.1 Å². The second-order valence-electron chi connectivity index (χ2n) is 11.7. The quantitative estimate of drug-likeness (QED) is 0.0758. The van der Waals surface area contributed by atoms with E-state index < -0.39 is 85.5 Å². The van der Waals surface area contributed by atoms with Gasteiger partial charge in [-0.25, -0.2) is 19.6 Å². The third-order valence-corrected chi connectivity index (χ3v) is 7.85. The van der Waals surface area contributed by atoms with E-state index in [1.54, 1.807) is 43.4 Å². The van der Waals surface area contributed by atoms with Crippen LogP contribution < -0.4 is 5.56 Å². The van der Waals surface area contributed by atoms with Gasteiger partial charge in [0.25, 0.3) is 5.56 Å². The lowest BCUT2D eigenvalue weighted by Crippen LogP contribution is -2.59. The van der Waals surface area contributed by atoms with Gasteiger partial charge in [-0.3, -0.25) is 9.36 Å². The van der Waals surface area contributed by atoms with E-state index in [1.807, 2.05) is 6.08 Å². The lowest BCUT2D eigenvalue weighted by molar-refractivity contribution is -0.314. The molecule has 2 aliphatic heterocycles. The van der Waals surface area contributed by atoms with Crippen LogP contribution in [0.2, 0.25) is 0 Å². The summed E-state index contributed by atoms with van der Waals surface area (Å²) < 4.78 is 29.4. The van der Waals surface area contributed by atoms with E-state index in [1.165, 1.54) is 36.3 Å². The molecule has 272 valence electrons. The first kappa shape index (κ1) is 38.5. The molecule has 0 spiro atoms. The Morgan fingerprint density at radius 3 is 2.48 bits per heavy atom. The van der Waals surface area contributed by atoms with E-state index in [-0.39, 0.29) is 11.2 Å². The first-order valence-corrected chi connectivity index (χ1v) is 16.3. The van der Waals surface area contributed by atoms with Crippen molar-refractivity contribution >= 4 is 23.1 Å². The zero-order chi connectivity index (χ0) is 36.2. The van der Waals surface area contributed by atoms with E-state index in [4.69, 9.17) is 23.7 Å². The van der Waals surface area contributed by atoms with Crippen LogP contribution in [0.4, 0.5) is 0 Å². The highest BCUT2D eigenvalue weighted by molar-refractivity contribution is 5.83. The Bertz CT molecular complexity index is 1630. The number of imidazole rings is 1. The number of allylic oxidation sites excluding steroid dienone is 7. The highest BCUT2D eigenvalue weighted by Crippen LogP contribution is 2.36. The molecule has 0 aliphatic carbocycles. The molecule has 16 heteroatoms. The van der Waals surface area contributed by atoms with Crippen LogP contribution in [0.25, 0.3) is 11.2 Å². The summed E-state index contributed by atoms with van der Waals surface area (Å²) in [5.41, 5.74) is -0.378. The third-order valence-electron chi connectivity index (χ3n) is 7.85. The van der Waals surface area contributed by atoms with E-state index in [9.17, 15) is 34.8 Å². The molecular weight excluding hydrogens is 656 g/mol. The van der Waals surface area contributed by atoms with Crippen LogP contribution in [0.5, 0.6) is 0 Å². The number of hydrogen-bond acceptors (Lipinski definition) is 14. The summed E-state index contributed by atoms with van der Waals surface area (Å²) in [6.45, 7) is 4.74. The molecule has 0 aromatic carbocycles. The van der Waals surface area contributed by atoms with Crippen molar-refractivity contribution in [3.63, 3.8) is 0 Å². The molecule has 4 rings (SSSR count). The minimum Gasteiger partial charge on any atom is -0.455 e. The van der Waals surface area contributed by atoms with Gasteiger partial charge in [0.2, 0.25) is 0 Å². The fourth-order valence-electron chi connectivity index (χ4n) is 5.28. The van der Waals surface area contributed by atoms with Crippen molar-refractivity contribution in [2.75, 3.05) is 6.61 Å². The maximum Gasteiger partial charge on any atom is 0.331 e. The summed E-state index contributed by atoms with van der Waals surface area (Å²) in [6, 6.07) is 0. The number of rotatable bonds is 15. The summed E-state index contributed by atoms with van der Waals surface area (Å²) in [5.74, 6) is -1.24. The lowest BCUT2D eigenvalue weighted by Gasteiger charge is -2.41. The van der Waals surface area contributed by atoms with Crippen LogP contribution in [0, 0.1) is 0 Å². The topological polar surface area (TPSA) is 225 Å². The van der Waals surface area contributed by atoms with Crippen LogP contribution >= 0.6 is 0 Å². The van der Waals surface area contributed by atoms with Crippen LogP contribution in [0.15, 0.2) is 78.2 Å². The van der Waals surface area contributed by atoms with Gasteiger partial charge >= 0.3 is 11.9 Å². The maximum absolute atomic E-state index is 12.5. The number of unbranched alkanes of at least 4 members (excludes halogenated alkanes) is 1. The minimum absolute atomic E-state index is 0.00465. The van der Waals surface area contributed by atoms with Crippen molar-refractivity contribution in [3.8, 4) is 0 Å². The Kier molecular flexibility index (Phi) is 14.4. The van der Waals surface area contributed by atoms with Crippen LogP contribution in [-0.2, 0) is 33.3 Å². The van der Waals surface area contributed by atoms with Gasteiger partial charge in [0, 0.05) is 12.2 Å². The number of aromatic amines is 1. The van der Waals surface area contributed by atoms with Crippen LogP contribution in [0.1, 0.15) is 46.3 Å². The molecule has 16 nitrogen and oxygen atoms in total. The van der Waals surface area contributed by atoms with E-state index >= 15 is 0 Å². The van der Waals surface area contributed by atoms with Gasteiger partial charge in [0.05, 0.1) is 25.4 Å². The number of nitrogens with zero attached hydrogens (tertiary/aromatic N) is 3. The van der Waals surface area contributed by atoms with Crippen molar-refractivity contribution in [2.45, 2.75) is 101 Å². The molecule has 0 amide bonds. The number of H-pyrrole nitrogens is 1. The first-order valence-electron chi connectivity index (χ1n) is 16.3. The van der Waals surface area contributed by atoms with E-state index in [0.717, 1.165) is 18.9 Å². The lowest BCUT2D eigenvalue weighted by atomic mass is 9.99. The highest BCUT2D eigenvalue weighted by atomic mass is 16.7. The van der Waals surface area contributed by atoms with Crippen molar-refractivity contribution in [3.05, 3.63) is 83.8 Å². The predicted octanol–water partition coefficient (Wildman–Crippen LogP) is 1.04. The number of hydrogen-bond donors (Lipinski definition) is 5. The molecule has 2 saturated heterocycles. The summed E-state index contributed by atoms with van der Waals surface area (Å²) in [6.07, 6.45) is 8.75. The van der Waals surface area contributed by atoms with Crippen LogP contribution in [-0.4, -0.2) is 114 Å². The minimum atomic E-state index is -1.72. The number of aliphatic hydroxyl groups excluding tert-OH is 4. The zero-order valence-corrected chi connectivity index (χ0v) is 27.9. The van der Waals surface area contributed by atoms with Gasteiger partial charge in [-0.05, 0) is 32.8 Å². The Hall–Kier alpha value is -4.29. The summed E-state index contributed by atoms with van der Waals surface area (Å²) in [4.78, 5) is 47.0. The Morgan fingerprint density at radius 2 is 1.74 bits per heavy atom. The van der Waals surface area contributed by atoms with Crippen molar-refractivity contribution in [1.82, 2.24) is 19.5 Å². The molecular formula is C34H44N4O12. The highest BCUT2D eigenvalue weighted by Gasteiger charge is 2.51. The average Bonchev–Trinajstić information content (AvgIpc) is 3.66. The van der Waals surface area contributed by atoms with Gasteiger partial charge in [-0.1, -0.05) is 55.9 Å². The number of aliphatic hydroxyl groups is 4. The summed E-state index contributed by atoms with van der Waals surface area (Å²) in [7, 11) is 0. The smallest absolute Gasteiger partial charge is 0.331 e. The average molecular weight is 701 g/mol.